The second-order valence-corrected chi connectivity index (χ2v) is 7.45. The molecule has 1 aliphatic carbocycles. The van der Waals surface area contributed by atoms with E-state index in [0.29, 0.717) is 37.0 Å². The van der Waals surface area contributed by atoms with Gasteiger partial charge in [-0.05, 0) is 25.7 Å². The van der Waals surface area contributed by atoms with Gasteiger partial charge in [0.05, 0.1) is 25.0 Å². The Bertz CT molecular complexity index is 862. The summed E-state index contributed by atoms with van der Waals surface area (Å²) in [6.45, 7) is 4.27. The Morgan fingerprint density at radius 3 is 3.08 bits per heavy atom. The van der Waals surface area contributed by atoms with Crippen molar-refractivity contribution in [3.8, 4) is 0 Å². The number of aromatic nitrogens is 3. The Kier molecular flexibility index (Phi) is 3.49. The Balaban J connectivity index is 1.37. The van der Waals surface area contributed by atoms with Gasteiger partial charge >= 0.3 is 0 Å². The highest BCUT2D eigenvalue weighted by Crippen LogP contribution is 2.43. The molecule has 0 radical (unpaired) electrons. The van der Waals surface area contributed by atoms with Crippen LogP contribution in [-0.4, -0.2) is 45.6 Å². The number of nitrogens with one attached hydrogen (secondary N) is 1. The lowest BCUT2D eigenvalue weighted by molar-refractivity contribution is -0.0304. The summed E-state index contributed by atoms with van der Waals surface area (Å²) in [5.74, 6) is 1.88. The first-order valence-electron chi connectivity index (χ1n) is 9.09. The molecule has 8 nitrogen and oxygen atoms in total. The fourth-order valence-corrected chi connectivity index (χ4v) is 3.77. The molecule has 1 unspecified atom stereocenters. The maximum Gasteiger partial charge on any atom is 0.259 e. The first-order chi connectivity index (χ1) is 12.6. The van der Waals surface area contributed by atoms with Gasteiger partial charge in [-0.15, -0.1) is 0 Å². The minimum absolute atomic E-state index is 0.0705. The van der Waals surface area contributed by atoms with Gasteiger partial charge < -0.3 is 19.5 Å². The molecule has 1 saturated carbocycles. The molecule has 1 atom stereocenters. The fraction of sp³-hybridized carbons (Fsp3) is 0.556. The van der Waals surface area contributed by atoms with Gasteiger partial charge in [0.1, 0.15) is 16.9 Å². The number of nitrogens with zero attached hydrogens (tertiary/aromatic N) is 4. The molecule has 8 heteroatoms. The van der Waals surface area contributed by atoms with Crippen molar-refractivity contribution in [2.75, 3.05) is 25.0 Å². The molecule has 3 aliphatic rings. The largest absolute Gasteiger partial charge is 0.362 e. The van der Waals surface area contributed by atoms with Crippen molar-refractivity contribution in [2.45, 2.75) is 38.4 Å². The van der Waals surface area contributed by atoms with E-state index < -0.39 is 5.60 Å². The number of hydrogen-bond donors (Lipinski definition) is 1. The molecule has 5 rings (SSSR count). The molecule has 2 fully saturated rings. The highest BCUT2D eigenvalue weighted by Gasteiger charge is 2.49. The Morgan fingerprint density at radius 2 is 2.31 bits per heavy atom. The van der Waals surface area contributed by atoms with E-state index in [-0.39, 0.29) is 5.91 Å². The average molecular weight is 355 g/mol. The third kappa shape index (κ3) is 2.56. The summed E-state index contributed by atoms with van der Waals surface area (Å²) < 4.78 is 11.2. The van der Waals surface area contributed by atoms with Gasteiger partial charge in [0.2, 0.25) is 5.95 Å². The lowest BCUT2D eigenvalue weighted by Gasteiger charge is -2.24. The molecule has 1 saturated heterocycles. The van der Waals surface area contributed by atoms with Crippen LogP contribution in [0.1, 0.15) is 46.6 Å². The molecule has 2 aromatic heterocycles. The van der Waals surface area contributed by atoms with Crippen LogP contribution in [0, 0.1) is 12.8 Å². The predicted octanol–water partition coefficient (Wildman–Crippen LogP) is 1.87. The fourth-order valence-electron chi connectivity index (χ4n) is 3.77. The number of likely N-dealkylation sites (tertiary alicyclic amines) is 1. The zero-order valence-corrected chi connectivity index (χ0v) is 14.7. The van der Waals surface area contributed by atoms with Gasteiger partial charge in [0.15, 0.2) is 0 Å². The summed E-state index contributed by atoms with van der Waals surface area (Å²) in [6.07, 6.45) is 6.62. The summed E-state index contributed by atoms with van der Waals surface area (Å²) in [4.78, 5) is 23.7. The van der Waals surface area contributed by atoms with Crippen molar-refractivity contribution < 1.29 is 14.1 Å². The molecule has 1 N–H and O–H groups in total. The zero-order valence-electron chi connectivity index (χ0n) is 14.7. The molecule has 0 aromatic carbocycles. The molecule has 2 aromatic rings. The van der Waals surface area contributed by atoms with Gasteiger partial charge in [0.25, 0.3) is 5.91 Å². The van der Waals surface area contributed by atoms with Crippen LogP contribution in [0.25, 0.3) is 0 Å². The van der Waals surface area contributed by atoms with E-state index in [1.807, 2.05) is 6.20 Å². The van der Waals surface area contributed by atoms with E-state index in [1.54, 1.807) is 11.8 Å². The lowest BCUT2D eigenvalue weighted by atomic mass is 9.98. The minimum atomic E-state index is -0.533. The topological polar surface area (TPSA) is 93.4 Å². The van der Waals surface area contributed by atoms with Gasteiger partial charge in [0, 0.05) is 31.3 Å². The molecule has 2 aliphatic heterocycles. The average Bonchev–Trinajstić information content (AvgIpc) is 3.07. The van der Waals surface area contributed by atoms with Crippen LogP contribution in [-0.2, 0) is 16.9 Å². The molecule has 4 heterocycles. The summed E-state index contributed by atoms with van der Waals surface area (Å²) in [6, 6.07) is 0. The quantitative estimate of drug-likeness (QED) is 0.895. The van der Waals surface area contributed by atoms with Crippen LogP contribution in [0.3, 0.4) is 0 Å². The highest BCUT2D eigenvalue weighted by molar-refractivity contribution is 5.95. The van der Waals surface area contributed by atoms with Crippen LogP contribution in [0.4, 0.5) is 5.95 Å². The van der Waals surface area contributed by atoms with E-state index in [1.165, 1.54) is 19.0 Å². The molecule has 1 amide bonds. The minimum Gasteiger partial charge on any atom is -0.362 e. The number of aryl methyl sites for hydroxylation is 1. The zero-order chi connectivity index (χ0) is 17.7. The molecule has 1 spiro atoms. The summed E-state index contributed by atoms with van der Waals surface area (Å²) in [7, 11) is 0. The van der Waals surface area contributed by atoms with E-state index in [2.05, 4.69) is 15.5 Å². The van der Waals surface area contributed by atoms with Crippen molar-refractivity contribution >= 4 is 11.9 Å². The van der Waals surface area contributed by atoms with Crippen molar-refractivity contribution in [3.63, 3.8) is 0 Å². The van der Waals surface area contributed by atoms with E-state index in [4.69, 9.17) is 14.2 Å². The van der Waals surface area contributed by atoms with Gasteiger partial charge in [-0.3, -0.25) is 4.79 Å². The summed E-state index contributed by atoms with van der Waals surface area (Å²) >= 11 is 0. The maximum absolute atomic E-state index is 12.8. The van der Waals surface area contributed by atoms with Crippen molar-refractivity contribution in [1.82, 2.24) is 20.0 Å². The van der Waals surface area contributed by atoms with Crippen molar-refractivity contribution in [1.29, 1.82) is 0 Å². The molecule has 136 valence electrons. The van der Waals surface area contributed by atoms with Crippen LogP contribution < -0.4 is 5.32 Å². The smallest absolute Gasteiger partial charge is 0.259 e. The first-order valence-corrected chi connectivity index (χ1v) is 9.09. The van der Waals surface area contributed by atoms with Crippen LogP contribution in [0.2, 0.25) is 0 Å². The number of anilines is 1. The maximum atomic E-state index is 12.8. The number of hydrogen-bond acceptors (Lipinski definition) is 7. The molecular weight excluding hydrogens is 334 g/mol. The second kappa shape index (κ2) is 5.77. The second-order valence-electron chi connectivity index (χ2n) is 7.45. The Hall–Kier alpha value is -2.48. The van der Waals surface area contributed by atoms with Crippen LogP contribution in [0.5, 0.6) is 0 Å². The predicted molar refractivity (Wildman–Crippen MR) is 91.5 cm³/mol. The van der Waals surface area contributed by atoms with Crippen LogP contribution >= 0.6 is 0 Å². The number of carbonyl (C=O) groups excluding carboxylic acids is 1. The third-order valence-electron chi connectivity index (χ3n) is 5.55. The monoisotopic (exact) mass is 355 g/mol. The summed E-state index contributed by atoms with van der Waals surface area (Å²) in [5.41, 5.74) is 1.91. The summed E-state index contributed by atoms with van der Waals surface area (Å²) in [5, 5.41) is 7.04. The molecule has 0 bridgehead atoms. The Labute approximate surface area is 150 Å². The van der Waals surface area contributed by atoms with Gasteiger partial charge in [-0.2, -0.15) is 0 Å². The number of ether oxygens (including phenoxy) is 1. The molecular formula is C18H21N5O3. The van der Waals surface area contributed by atoms with Crippen LogP contribution in [0.15, 0.2) is 16.9 Å². The van der Waals surface area contributed by atoms with E-state index in [0.717, 1.165) is 30.1 Å². The first kappa shape index (κ1) is 15.7. The lowest BCUT2D eigenvalue weighted by Crippen LogP contribution is -2.35. The number of carbonyl (C=O) groups is 1. The van der Waals surface area contributed by atoms with Gasteiger partial charge in [-0.1, -0.05) is 5.16 Å². The third-order valence-corrected chi connectivity index (χ3v) is 5.55. The standard InChI is InChI=1S/C18H21N5O3/c1-11-14(8-21-26-11)16(24)23-5-4-18(10-23)15-13(9-25-18)7-20-17(22-15)19-6-12-2-3-12/h7-8,12H,2-6,9-10H2,1H3,(H,19,20,22). The number of amides is 1. The Morgan fingerprint density at radius 1 is 1.42 bits per heavy atom. The van der Waals surface area contributed by atoms with E-state index >= 15 is 0 Å². The number of fused-ring (bicyclic) bond motifs is 2. The van der Waals surface area contributed by atoms with Crippen molar-refractivity contribution in [3.05, 3.63) is 35.0 Å². The SMILES string of the molecule is Cc1oncc1C(=O)N1CCC2(C1)OCc1cnc(NCC3CC3)nc12. The van der Waals surface area contributed by atoms with Gasteiger partial charge in [-0.25, -0.2) is 9.97 Å². The van der Waals surface area contributed by atoms with Crippen molar-refractivity contribution in [2.24, 2.45) is 5.92 Å². The highest BCUT2D eigenvalue weighted by atomic mass is 16.5. The molecule has 26 heavy (non-hydrogen) atoms. The van der Waals surface area contributed by atoms with E-state index in [9.17, 15) is 4.79 Å². The normalized spacial score (nSPS) is 24.3. The number of rotatable bonds is 4.